The summed E-state index contributed by atoms with van der Waals surface area (Å²) in [4.78, 5) is 14.6. The van der Waals surface area contributed by atoms with Crippen LogP contribution < -0.4 is 4.74 Å². The van der Waals surface area contributed by atoms with Crippen LogP contribution in [0, 0.1) is 0 Å². The second-order valence-electron chi connectivity index (χ2n) is 4.38. The van der Waals surface area contributed by atoms with Crippen molar-refractivity contribution in [2.75, 3.05) is 20.4 Å². The van der Waals surface area contributed by atoms with E-state index in [1.54, 1.807) is 30.8 Å². The average Bonchev–Trinajstić information content (AvgIpc) is 3.11. The third-order valence-corrected chi connectivity index (χ3v) is 3.43. The van der Waals surface area contributed by atoms with Gasteiger partial charge in [0.25, 0.3) is 5.91 Å². The first-order chi connectivity index (χ1) is 8.11. The number of hydrogen-bond donors (Lipinski definition) is 0. The lowest BCUT2D eigenvalue weighted by Crippen LogP contribution is -2.22. The average molecular weight is 251 g/mol. The summed E-state index contributed by atoms with van der Waals surface area (Å²) in [5.74, 6) is 0.825. The first-order valence-electron chi connectivity index (χ1n) is 5.68. The Hall–Kier alpha value is -1.16. The van der Waals surface area contributed by atoms with Gasteiger partial charge in [-0.2, -0.15) is 0 Å². The van der Waals surface area contributed by atoms with Crippen molar-refractivity contribution in [1.29, 1.82) is 0 Å². The Labute approximate surface area is 106 Å². The Kier molecular flexibility index (Phi) is 3.62. The van der Waals surface area contributed by atoms with Gasteiger partial charge >= 0.3 is 0 Å². The number of hydrogen-bond acceptors (Lipinski definition) is 3. The number of benzene rings is 1. The Morgan fingerprint density at radius 3 is 2.65 bits per heavy atom. The molecule has 0 saturated heterocycles. The lowest BCUT2D eigenvalue weighted by molar-refractivity contribution is 0.0823. The maximum absolute atomic E-state index is 12.0. The van der Waals surface area contributed by atoms with Crippen LogP contribution in [0.2, 0.25) is 0 Å². The fourth-order valence-corrected chi connectivity index (χ4v) is 2.12. The molecule has 0 radical (unpaired) electrons. The van der Waals surface area contributed by atoms with E-state index >= 15 is 0 Å². The first kappa shape index (κ1) is 12.3. The number of ether oxygens (including phenoxy) is 1. The molecule has 1 fully saturated rings. The number of thioether (sulfide) groups is 1. The summed E-state index contributed by atoms with van der Waals surface area (Å²) in [5.41, 5.74) is 0.723. The van der Waals surface area contributed by atoms with Gasteiger partial charge in [-0.05, 0) is 37.3 Å². The summed E-state index contributed by atoms with van der Waals surface area (Å²) < 4.78 is 5.72. The van der Waals surface area contributed by atoms with Gasteiger partial charge in [0.05, 0.1) is 11.7 Å². The summed E-state index contributed by atoms with van der Waals surface area (Å²) in [5, 5.41) is 0. The molecular formula is C13H17NO2S. The maximum atomic E-state index is 12.0. The lowest BCUT2D eigenvalue weighted by Gasteiger charge is -2.14. The molecule has 1 aliphatic rings. The molecule has 17 heavy (non-hydrogen) atoms. The van der Waals surface area contributed by atoms with Crippen LogP contribution in [0.1, 0.15) is 23.2 Å². The van der Waals surface area contributed by atoms with Crippen LogP contribution in [-0.4, -0.2) is 37.3 Å². The van der Waals surface area contributed by atoms with Crippen LogP contribution in [0.5, 0.6) is 5.75 Å². The van der Waals surface area contributed by atoms with E-state index in [-0.39, 0.29) is 5.91 Å². The zero-order valence-electron chi connectivity index (χ0n) is 10.4. The van der Waals surface area contributed by atoms with Crippen LogP contribution in [0.25, 0.3) is 0 Å². The molecule has 1 aromatic rings. The molecule has 1 amide bonds. The van der Waals surface area contributed by atoms with Gasteiger partial charge in [0.2, 0.25) is 0 Å². The molecule has 0 N–H and O–H groups in total. The largest absolute Gasteiger partial charge is 0.490 e. The van der Waals surface area contributed by atoms with E-state index in [0.29, 0.717) is 6.10 Å². The molecule has 0 unspecified atom stereocenters. The van der Waals surface area contributed by atoms with E-state index in [2.05, 4.69) is 0 Å². The fraction of sp³-hybridized carbons (Fsp3) is 0.462. The minimum Gasteiger partial charge on any atom is -0.490 e. The van der Waals surface area contributed by atoms with Gasteiger partial charge in [0.15, 0.2) is 0 Å². The van der Waals surface area contributed by atoms with Crippen molar-refractivity contribution in [2.45, 2.75) is 23.8 Å². The zero-order chi connectivity index (χ0) is 12.4. The van der Waals surface area contributed by atoms with E-state index in [1.165, 1.54) is 0 Å². The van der Waals surface area contributed by atoms with E-state index in [0.717, 1.165) is 29.1 Å². The minimum absolute atomic E-state index is 0.0237. The monoisotopic (exact) mass is 251 g/mol. The minimum atomic E-state index is 0.0237. The first-order valence-corrected chi connectivity index (χ1v) is 6.90. The smallest absolute Gasteiger partial charge is 0.254 e. The predicted octanol–water partition coefficient (Wildman–Crippen LogP) is 2.65. The SMILES string of the molecule is CSc1ccc(OC2CC2)cc1C(=O)N(C)C. The van der Waals surface area contributed by atoms with E-state index in [1.807, 2.05) is 24.5 Å². The highest BCUT2D eigenvalue weighted by molar-refractivity contribution is 7.98. The molecule has 0 atom stereocenters. The molecule has 1 aliphatic carbocycles. The maximum Gasteiger partial charge on any atom is 0.254 e. The van der Waals surface area contributed by atoms with Crippen molar-refractivity contribution < 1.29 is 9.53 Å². The molecule has 0 bridgehead atoms. The molecule has 2 rings (SSSR count). The number of carbonyl (C=O) groups is 1. The second kappa shape index (κ2) is 5.00. The van der Waals surface area contributed by atoms with Gasteiger partial charge in [-0.3, -0.25) is 4.79 Å². The number of rotatable bonds is 4. The van der Waals surface area contributed by atoms with Crippen LogP contribution >= 0.6 is 11.8 Å². The highest BCUT2D eigenvalue weighted by Gasteiger charge is 2.24. The molecule has 1 aromatic carbocycles. The van der Waals surface area contributed by atoms with Gasteiger partial charge in [-0.15, -0.1) is 11.8 Å². The summed E-state index contributed by atoms with van der Waals surface area (Å²) in [6.07, 6.45) is 4.59. The molecule has 92 valence electrons. The fourth-order valence-electron chi connectivity index (χ4n) is 1.55. The van der Waals surface area contributed by atoms with Gasteiger partial charge in [-0.25, -0.2) is 0 Å². The molecule has 0 aromatic heterocycles. The van der Waals surface area contributed by atoms with E-state index < -0.39 is 0 Å². The molecule has 0 aliphatic heterocycles. The van der Waals surface area contributed by atoms with Crippen LogP contribution in [-0.2, 0) is 0 Å². The summed E-state index contributed by atoms with van der Waals surface area (Å²) in [6.45, 7) is 0. The van der Waals surface area contributed by atoms with Gasteiger partial charge in [0.1, 0.15) is 5.75 Å². The Bertz CT molecular complexity index is 427. The third kappa shape index (κ3) is 2.94. The van der Waals surface area contributed by atoms with Crippen LogP contribution in [0.4, 0.5) is 0 Å². The highest BCUT2D eigenvalue weighted by atomic mass is 32.2. The topological polar surface area (TPSA) is 29.5 Å². The normalized spacial score (nSPS) is 14.5. The third-order valence-electron chi connectivity index (χ3n) is 2.63. The van der Waals surface area contributed by atoms with E-state index in [9.17, 15) is 4.79 Å². The number of amides is 1. The second-order valence-corrected chi connectivity index (χ2v) is 5.23. The molecular weight excluding hydrogens is 234 g/mol. The molecule has 3 nitrogen and oxygen atoms in total. The van der Waals surface area contributed by atoms with Gasteiger partial charge < -0.3 is 9.64 Å². The lowest BCUT2D eigenvalue weighted by atomic mass is 10.2. The van der Waals surface area contributed by atoms with Crippen molar-refractivity contribution in [1.82, 2.24) is 4.90 Å². The molecule has 4 heteroatoms. The zero-order valence-corrected chi connectivity index (χ0v) is 11.2. The Balaban J connectivity index is 2.27. The van der Waals surface area contributed by atoms with Crippen molar-refractivity contribution in [3.8, 4) is 5.75 Å². The van der Waals surface area contributed by atoms with Crippen molar-refractivity contribution in [3.05, 3.63) is 23.8 Å². The standard InChI is InChI=1S/C13H17NO2S/c1-14(2)13(15)11-8-10(16-9-4-5-9)6-7-12(11)17-3/h6-9H,4-5H2,1-3H3. The summed E-state index contributed by atoms with van der Waals surface area (Å²) >= 11 is 1.58. The van der Waals surface area contributed by atoms with Crippen LogP contribution in [0.3, 0.4) is 0 Å². The highest BCUT2D eigenvalue weighted by Crippen LogP contribution is 2.30. The Morgan fingerprint density at radius 2 is 2.12 bits per heavy atom. The number of carbonyl (C=O) groups excluding carboxylic acids is 1. The van der Waals surface area contributed by atoms with Crippen LogP contribution in [0.15, 0.2) is 23.1 Å². The van der Waals surface area contributed by atoms with Gasteiger partial charge in [-0.1, -0.05) is 0 Å². The summed E-state index contributed by atoms with van der Waals surface area (Å²) in [7, 11) is 3.53. The predicted molar refractivity (Wildman–Crippen MR) is 69.9 cm³/mol. The molecule has 0 heterocycles. The van der Waals surface area contributed by atoms with Crippen molar-refractivity contribution in [2.24, 2.45) is 0 Å². The molecule has 1 saturated carbocycles. The number of nitrogens with zero attached hydrogens (tertiary/aromatic N) is 1. The summed E-state index contributed by atoms with van der Waals surface area (Å²) in [6, 6.07) is 5.75. The molecule has 0 spiro atoms. The van der Waals surface area contributed by atoms with Crippen molar-refractivity contribution >= 4 is 17.7 Å². The quantitative estimate of drug-likeness (QED) is 0.770. The van der Waals surface area contributed by atoms with Gasteiger partial charge in [0, 0.05) is 19.0 Å². The Morgan fingerprint density at radius 1 is 1.41 bits per heavy atom. The van der Waals surface area contributed by atoms with E-state index in [4.69, 9.17) is 4.74 Å². The van der Waals surface area contributed by atoms with Crippen molar-refractivity contribution in [3.63, 3.8) is 0 Å².